The molecule has 680 valence electrons. The van der Waals surface area contributed by atoms with E-state index in [0.717, 1.165) is 213 Å². The third-order valence-electron chi connectivity index (χ3n) is 25.4. The van der Waals surface area contributed by atoms with Gasteiger partial charge < -0.3 is 61.1 Å². The lowest BCUT2D eigenvalue weighted by molar-refractivity contribution is 0.0589. The number of H-pyrrole nitrogens is 3. The minimum atomic E-state index is -0.153. The lowest BCUT2D eigenvalue weighted by Crippen LogP contribution is -2.49. The zero-order chi connectivity index (χ0) is 92.1. The molecule has 17 aromatic rings. The van der Waals surface area contributed by atoms with Crippen LogP contribution in [0, 0.1) is 0 Å². The molecule has 30 heteroatoms. The van der Waals surface area contributed by atoms with E-state index in [1.54, 1.807) is 61.6 Å². The summed E-state index contributed by atoms with van der Waals surface area (Å²) < 4.78 is 9.85. The number of anilines is 7. The number of halogens is 1. The standard InChI is InChI=1S/C29H32N6O2.C25H27ClN6O.C25H28N6O2.C25H19N5O/c36-27-20-22(10-13-30-27)26-9-8-25(28-31-14-19-35(26)28)32-23-6-4-21(5-7-23)29(37)34-17-11-24(12-18-34)33-15-2-1-3-16-33;1-17(2)30-11-13-31(14-12-30)23-5-3-19(16-20(23)26)29-21-4-6-22(32-10-9-28-25(21)32)18-7-8-27-24(33)15-18;1-3-30(4-2)15-13-28-25(33)18-5-7-20(8-6-18)29-21-9-10-22(31-16-14-27-24(21)31)19-11-12-26-23(32)17-19;31-25-22-8-4-18(15-20(22)16-27-25)23-9-5-19(24-26-11-13-29(23)24)14-17-2-6-21(7-3-17)30-12-1-10-28-30/h4-10,13-14,19-20,24,32H,1-3,11-12,15-18H2,(H,30,36);3-10,15-17,29H,11-14H2,1-2H3,(H,27,33);5-12,14,16-17,29H,3-4,13,15H2,1-2H3,(H,26,32)(H,28,33);1-13,15H,14,16H2,(H,27,31). The molecule has 0 unspecified atom stereocenters. The fraction of sp³-hybridized carbons (Fsp3) is 0.240. The van der Waals surface area contributed by atoms with Crippen molar-refractivity contribution in [1.29, 1.82) is 0 Å². The molecule has 134 heavy (non-hydrogen) atoms. The topological polar surface area (TPSA) is 313 Å². The second-order valence-electron chi connectivity index (χ2n) is 34.0. The molecule has 0 atom stereocenters. The Morgan fingerprint density at radius 3 is 1.50 bits per heavy atom. The number of hydrogen-bond donors (Lipinski definition) is 8. The van der Waals surface area contributed by atoms with E-state index in [9.17, 15) is 28.8 Å². The van der Waals surface area contributed by atoms with Gasteiger partial charge in [-0.05, 0) is 246 Å². The normalized spacial score (nSPS) is 14.1. The minimum Gasteiger partial charge on any atom is -0.368 e. The minimum absolute atomic E-state index is 0.00301. The molecule has 3 fully saturated rings. The molecular formula is C104H106ClN23O6. The van der Waals surface area contributed by atoms with Crippen molar-refractivity contribution in [2.24, 2.45) is 0 Å². The maximum Gasteiger partial charge on any atom is 0.253 e. The Labute approximate surface area is 779 Å². The number of benzene rings is 5. The lowest BCUT2D eigenvalue weighted by atomic mass is 9.99. The van der Waals surface area contributed by atoms with E-state index in [-0.39, 0.29) is 34.4 Å². The average molecular weight is 1810 g/mol. The van der Waals surface area contributed by atoms with Crippen LogP contribution in [0.5, 0.6) is 0 Å². The van der Waals surface area contributed by atoms with E-state index in [4.69, 9.17) is 11.6 Å². The van der Waals surface area contributed by atoms with Gasteiger partial charge in [0.2, 0.25) is 16.7 Å². The molecule has 0 spiro atoms. The summed E-state index contributed by atoms with van der Waals surface area (Å²) in [6.07, 6.45) is 30.2. The Balaban J connectivity index is 0.000000120. The Kier molecular flexibility index (Phi) is 27.3. The summed E-state index contributed by atoms with van der Waals surface area (Å²) in [5, 5.41) is 21.1. The van der Waals surface area contributed by atoms with Gasteiger partial charge in [-0.2, -0.15) is 5.10 Å². The molecule has 29 nitrogen and oxygen atoms in total. The summed E-state index contributed by atoms with van der Waals surface area (Å²) in [5.74, 6) is 0.0382. The highest BCUT2D eigenvalue weighted by Crippen LogP contribution is 2.36. The van der Waals surface area contributed by atoms with E-state index in [2.05, 4.69) is 173 Å². The number of nitrogens with zero attached hydrogens (tertiary/aromatic N) is 15. The molecule has 5 aromatic carbocycles. The molecule has 12 aromatic heterocycles. The quantitative estimate of drug-likeness (QED) is 0.0295. The summed E-state index contributed by atoms with van der Waals surface area (Å²) in [6.45, 7) is 20.8. The van der Waals surface area contributed by atoms with E-state index in [1.807, 2.05) is 187 Å². The summed E-state index contributed by atoms with van der Waals surface area (Å²) in [6, 6.07) is 65.1. The van der Waals surface area contributed by atoms with Crippen LogP contribution in [0.2, 0.25) is 5.02 Å². The first-order valence-electron chi connectivity index (χ1n) is 45.7. The summed E-state index contributed by atoms with van der Waals surface area (Å²) >= 11 is 6.70. The van der Waals surface area contributed by atoms with Crippen molar-refractivity contribution in [2.75, 3.05) is 99.4 Å². The number of aromatic amines is 3. The predicted molar refractivity (Wildman–Crippen MR) is 529 cm³/mol. The van der Waals surface area contributed by atoms with Crippen molar-refractivity contribution in [1.82, 2.24) is 92.5 Å². The molecule has 8 N–H and O–H groups in total. The number of likely N-dealkylation sites (tertiary alicyclic amines) is 2. The molecule has 3 saturated heterocycles. The summed E-state index contributed by atoms with van der Waals surface area (Å²) in [4.78, 5) is 111. The molecular weight excluding hydrogens is 1700 g/mol. The summed E-state index contributed by atoms with van der Waals surface area (Å²) in [5.41, 5.74) is 22.9. The largest absolute Gasteiger partial charge is 0.368 e. The number of carbonyl (C=O) groups is 3. The highest BCUT2D eigenvalue weighted by atomic mass is 35.5. The molecule has 21 rings (SSSR count). The number of carbonyl (C=O) groups excluding carboxylic acids is 3. The van der Waals surface area contributed by atoms with Crippen molar-refractivity contribution < 1.29 is 14.4 Å². The van der Waals surface area contributed by atoms with E-state index >= 15 is 0 Å². The van der Waals surface area contributed by atoms with Crippen molar-refractivity contribution in [3.05, 3.63) is 350 Å². The monoisotopic (exact) mass is 1810 g/mol. The number of nitrogens with one attached hydrogen (secondary N) is 8. The van der Waals surface area contributed by atoms with E-state index < -0.39 is 0 Å². The highest BCUT2D eigenvalue weighted by molar-refractivity contribution is 6.33. The lowest BCUT2D eigenvalue weighted by Gasteiger charge is -2.40. The number of likely N-dealkylation sites (N-methyl/N-ethyl adjacent to an activating group) is 1. The van der Waals surface area contributed by atoms with Crippen molar-refractivity contribution in [2.45, 2.75) is 84.8 Å². The number of piperidine rings is 2. The number of pyridine rings is 7. The van der Waals surface area contributed by atoms with Gasteiger partial charge in [-0.15, -0.1) is 0 Å². The van der Waals surface area contributed by atoms with Gasteiger partial charge in [-0.3, -0.25) is 51.3 Å². The van der Waals surface area contributed by atoms with E-state index in [0.29, 0.717) is 30.7 Å². The summed E-state index contributed by atoms with van der Waals surface area (Å²) in [7, 11) is 0. The van der Waals surface area contributed by atoms with Gasteiger partial charge in [0, 0.05) is 227 Å². The molecule has 0 saturated carbocycles. The van der Waals surface area contributed by atoms with Gasteiger partial charge in [0.25, 0.3) is 17.7 Å². The zero-order valence-electron chi connectivity index (χ0n) is 75.2. The number of imidazole rings is 4. The van der Waals surface area contributed by atoms with Crippen LogP contribution in [0.4, 0.5) is 39.8 Å². The highest BCUT2D eigenvalue weighted by Gasteiger charge is 2.30. The van der Waals surface area contributed by atoms with Crippen molar-refractivity contribution in [3.63, 3.8) is 0 Å². The number of aromatic nitrogens is 13. The average Bonchev–Trinajstić information content (AvgIpc) is 1.63. The second kappa shape index (κ2) is 41.0. The number of fused-ring (bicyclic) bond motifs is 5. The van der Waals surface area contributed by atoms with Crippen LogP contribution in [0.25, 0.3) is 73.3 Å². The predicted octanol–water partition coefficient (Wildman–Crippen LogP) is 16.7. The van der Waals surface area contributed by atoms with Crippen LogP contribution in [0.15, 0.2) is 295 Å². The smallest absolute Gasteiger partial charge is 0.253 e. The van der Waals surface area contributed by atoms with Crippen molar-refractivity contribution in [3.8, 4) is 50.7 Å². The van der Waals surface area contributed by atoms with Gasteiger partial charge in [0.05, 0.1) is 56.2 Å². The molecule has 4 aliphatic heterocycles. The van der Waals surface area contributed by atoms with Crippen LogP contribution in [0.1, 0.15) is 108 Å². The molecule has 0 radical (unpaired) electrons. The van der Waals surface area contributed by atoms with Crippen LogP contribution in [-0.2, 0) is 13.0 Å². The molecule has 4 aliphatic rings. The molecule has 16 heterocycles. The van der Waals surface area contributed by atoms with Crippen LogP contribution < -0.4 is 48.2 Å². The number of hydrogen-bond acceptors (Lipinski definition) is 18. The van der Waals surface area contributed by atoms with Crippen LogP contribution in [0.3, 0.4) is 0 Å². The van der Waals surface area contributed by atoms with Gasteiger partial charge in [-0.1, -0.05) is 56.1 Å². The Bertz CT molecular complexity index is 7190. The van der Waals surface area contributed by atoms with Gasteiger partial charge in [-0.25, -0.2) is 24.6 Å². The van der Waals surface area contributed by atoms with Crippen LogP contribution >= 0.6 is 11.6 Å². The first-order chi connectivity index (χ1) is 65.5. The van der Waals surface area contributed by atoms with Crippen LogP contribution in [-0.4, -0.2) is 190 Å². The van der Waals surface area contributed by atoms with Gasteiger partial charge in [0.1, 0.15) is 5.65 Å². The number of piperazine rings is 1. The second-order valence-corrected chi connectivity index (χ2v) is 34.4. The van der Waals surface area contributed by atoms with Crippen molar-refractivity contribution >= 4 is 91.7 Å². The number of amides is 3. The number of rotatable bonds is 23. The Morgan fingerprint density at radius 1 is 0.493 bits per heavy atom. The first kappa shape index (κ1) is 89.3. The first-order valence-corrected chi connectivity index (χ1v) is 46.1. The van der Waals surface area contributed by atoms with Gasteiger partial charge >= 0.3 is 0 Å². The Morgan fingerprint density at radius 2 is 0.993 bits per heavy atom. The maximum absolute atomic E-state index is 13.1. The fourth-order valence-electron chi connectivity index (χ4n) is 18.2. The third-order valence-corrected chi connectivity index (χ3v) is 25.7. The third kappa shape index (κ3) is 20.4. The SMILES string of the molecule is CC(C)N1CCN(c2ccc(Nc3ccc(-c4cc[nH]c(=O)c4)n4ccnc34)cc2Cl)CC1.CCN(CC)CCNC(=O)c1ccc(Nc2ccc(-c3cc[nH]c(=O)c3)n3ccnc23)cc1.O=C(c1ccc(Nc2ccc(-c3cc[nH]c(=O)c3)n3ccnc23)cc1)N1CCC(N2CCCCC2)CC1.O=C1NCc2cc(-c3ccc(Cc4ccc(-n5cccn5)cc4)c4nccn34)ccc21. The van der Waals surface area contributed by atoms with E-state index in [1.165, 1.54) is 43.5 Å². The molecule has 3 amide bonds. The maximum atomic E-state index is 13.1. The molecule has 0 aliphatic carbocycles. The Hall–Kier alpha value is -15.3. The molecule has 0 bridgehead atoms. The van der Waals surface area contributed by atoms with Gasteiger partial charge in [0.15, 0.2) is 16.9 Å². The fourth-order valence-corrected chi connectivity index (χ4v) is 18.5. The zero-order valence-corrected chi connectivity index (χ0v) is 75.9.